The maximum absolute atomic E-state index is 12.6. The Morgan fingerprint density at radius 2 is 1.96 bits per heavy atom. The number of carbonyl (C=O) groups excluding carboxylic acids is 1. The molecule has 0 N–H and O–H groups in total. The first kappa shape index (κ1) is 18.8. The summed E-state index contributed by atoms with van der Waals surface area (Å²) in [6.07, 6.45) is -0.0243. The minimum atomic E-state index is -0.167. The molecule has 0 amide bonds. The number of aromatic nitrogens is 3. The van der Waals surface area contributed by atoms with Gasteiger partial charge in [0.1, 0.15) is 0 Å². The van der Waals surface area contributed by atoms with E-state index < -0.39 is 0 Å². The first-order chi connectivity index (χ1) is 13.0. The van der Waals surface area contributed by atoms with Crippen LogP contribution in [0.3, 0.4) is 0 Å². The highest BCUT2D eigenvalue weighted by atomic mass is 16.6. The van der Waals surface area contributed by atoms with Crippen molar-refractivity contribution in [1.29, 1.82) is 0 Å². The zero-order valence-corrected chi connectivity index (χ0v) is 15.9. The average Bonchev–Trinajstić information content (AvgIpc) is 3.25. The van der Waals surface area contributed by atoms with Gasteiger partial charge in [-0.05, 0) is 39.0 Å². The topological polar surface area (TPSA) is 79.4 Å². The van der Waals surface area contributed by atoms with Crippen molar-refractivity contribution in [1.82, 2.24) is 14.8 Å². The lowest BCUT2D eigenvalue weighted by atomic mass is 10.1. The second kappa shape index (κ2) is 8.18. The predicted octanol–water partition coefficient (Wildman–Crippen LogP) is 3.62. The van der Waals surface area contributed by atoms with Gasteiger partial charge >= 0.3 is 6.08 Å². The zero-order valence-electron chi connectivity index (χ0n) is 15.9. The molecule has 1 aromatic carbocycles. The summed E-state index contributed by atoms with van der Waals surface area (Å²) in [7, 11) is 1.67. The standard InChI is InChI=1S/C20H23N3O4/c1-13-10-17(15(3)23(13)14(2)11-25-4)18(24)12-26-20-22-21-19(27-20)16-8-6-5-7-9-16/h5-10,14H,11-12H2,1-4H3/t14-/m0/s1. The van der Waals surface area contributed by atoms with E-state index in [-0.39, 0.29) is 24.5 Å². The summed E-state index contributed by atoms with van der Waals surface area (Å²) < 4.78 is 18.2. The number of benzene rings is 1. The Bertz CT molecular complexity index is 915. The third kappa shape index (κ3) is 4.09. The molecule has 2 heterocycles. The van der Waals surface area contributed by atoms with E-state index in [2.05, 4.69) is 21.7 Å². The third-order valence-electron chi connectivity index (χ3n) is 4.39. The highest BCUT2D eigenvalue weighted by Gasteiger charge is 2.20. The van der Waals surface area contributed by atoms with Gasteiger partial charge in [0.25, 0.3) is 5.89 Å². The van der Waals surface area contributed by atoms with Crippen LogP contribution in [0.5, 0.6) is 6.08 Å². The lowest BCUT2D eigenvalue weighted by Crippen LogP contribution is -2.16. The summed E-state index contributed by atoms with van der Waals surface area (Å²) in [5.74, 6) is 0.211. The SMILES string of the molecule is COC[C@H](C)n1c(C)cc(C(=O)COc2nnc(-c3ccccc3)o2)c1C. The van der Waals surface area contributed by atoms with Gasteiger partial charge in [0, 0.05) is 29.6 Å². The zero-order chi connectivity index (χ0) is 19.4. The van der Waals surface area contributed by atoms with Crippen LogP contribution in [-0.2, 0) is 4.74 Å². The number of ether oxygens (including phenoxy) is 2. The largest absolute Gasteiger partial charge is 0.441 e. The van der Waals surface area contributed by atoms with Gasteiger partial charge < -0.3 is 18.5 Å². The van der Waals surface area contributed by atoms with Gasteiger partial charge in [0.2, 0.25) is 5.78 Å². The highest BCUT2D eigenvalue weighted by Crippen LogP contribution is 2.23. The van der Waals surface area contributed by atoms with Crippen LogP contribution in [-0.4, -0.2) is 40.9 Å². The molecular weight excluding hydrogens is 346 g/mol. The molecule has 0 aliphatic heterocycles. The molecule has 3 rings (SSSR count). The summed E-state index contributed by atoms with van der Waals surface area (Å²) in [5, 5.41) is 7.79. The highest BCUT2D eigenvalue weighted by molar-refractivity contribution is 5.98. The lowest BCUT2D eigenvalue weighted by molar-refractivity contribution is 0.0893. The molecule has 0 aliphatic rings. The van der Waals surface area contributed by atoms with Gasteiger partial charge in [0.15, 0.2) is 6.61 Å². The number of rotatable bonds is 8. The number of nitrogens with zero attached hydrogens (tertiary/aromatic N) is 3. The number of aryl methyl sites for hydroxylation is 1. The monoisotopic (exact) mass is 369 g/mol. The van der Waals surface area contributed by atoms with Crippen molar-refractivity contribution in [3.63, 3.8) is 0 Å². The van der Waals surface area contributed by atoms with Gasteiger partial charge in [-0.1, -0.05) is 23.3 Å². The smallest absolute Gasteiger partial charge is 0.415 e. The van der Waals surface area contributed by atoms with Crippen molar-refractivity contribution < 1.29 is 18.7 Å². The van der Waals surface area contributed by atoms with E-state index in [0.717, 1.165) is 17.0 Å². The third-order valence-corrected chi connectivity index (χ3v) is 4.39. The van der Waals surface area contributed by atoms with Gasteiger partial charge in [0.05, 0.1) is 12.6 Å². The number of Topliss-reactive ketones (excluding diaryl/α,β-unsaturated/α-hetero) is 1. The molecule has 0 saturated heterocycles. The molecule has 0 spiro atoms. The molecule has 7 heteroatoms. The van der Waals surface area contributed by atoms with Gasteiger partial charge in [-0.3, -0.25) is 4.79 Å². The molecule has 0 saturated carbocycles. The van der Waals surface area contributed by atoms with E-state index in [4.69, 9.17) is 13.9 Å². The van der Waals surface area contributed by atoms with Crippen LogP contribution in [0.1, 0.15) is 34.7 Å². The molecule has 27 heavy (non-hydrogen) atoms. The van der Waals surface area contributed by atoms with E-state index in [1.165, 1.54) is 0 Å². The average molecular weight is 369 g/mol. The summed E-state index contributed by atoms with van der Waals surface area (Å²) in [5.41, 5.74) is 3.31. The number of ketones is 1. The quantitative estimate of drug-likeness (QED) is 0.564. The molecule has 0 bridgehead atoms. The number of hydrogen-bond donors (Lipinski definition) is 0. The molecule has 2 aromatic heterocycles. The summed E-state index contributed by atoms with van der Waals surface area (Å²) >= 11 is 0. The molecule has 1 atom stereocenters. The van der Waals surface area contributed by atoms with Gasteiger partial charge in [-0.2, -0.15) is 0 Å². The Morgan fingerprint density at radius 1 is 1.22 bits per heavy atom. The first-order valence-electron chi connectivity index (χ1n) is 8.73. The molecular formula is C20H23N3O4. The van der Waals surface area contributed by atoms with Crippen LogP contribution >= 0.6 is 0 Å². The Labute approximate surface area is 157 Å². The number of methoxy groups -OCH3 is 1. The first-order valence-corrected chi connectivity index (χ1v) is 8.73. The van der Waals surface area contributed by atoms with Crippen LogP contribution in [0.15, 0.2) is 40.8 Å². The molecule has 0 fully saturated rings. The van der Waals surface area contributed by atoms with Gasteiger partial charge in [-0.25, -0.2) is 0 Å². The van der Waals surface area contributed by atoms with Crippen LogP contribution < -0.4 is 4.74 Å². The van der Waals surface area contributed by atoms with Crippen molar-refractivity contribution in [2.45, 2.75) is 26.8 Å². The van der Waals surface area contributed by atoms with Crippen molar-refractivity contribution in [2.24, 2.45) is 0 Å². The van der Waals surface area contributed by atoms with E-state index >= 15 is 0 Å². The van der Waals surface area contributed by atoms with Crippen LogP contribution in [0, 0.1) is 13.8 Å². The van der Waals surface area contributed by atoms with Crippen molar-refractivity contribution in [3.8, 4) is 17.5 Å². The van der Waals surface area contributed by atoms with Crippen molar-refractivity contribution in [2.75, 3.05) is 20.3 Å². The Balaban J connectivity index is 1.68. The van der Waals surface area contributed by atoms with Crippen LogP contribution in [0.2, 0.25) is 0 Å². The minimum absolute atomic E-state index is 0.0243. The lowest BCUT2D eigenvalue weighted by Gasteiger charge is -2.17. The van der Waals surface area contributed by atoms with Crippen molar-refractivity contribution >= 4 is 5.78 Å². The van der Waals surface area contributed by atoms with Crippen molar-refractivity contribution in [3.05, 3.63) is 53.3 Å². The number of hydrogen-bond acceptors (Lipinski definition) is 6. The Hall–Kier alpha value is -2.93. The van der Waals surface area contributed by atoms with E-state index in [0.29, 0.717) is 18.1 Å². The summed E-state index contributed by atoms with van der Waals surface area (Å²) in [4.78, 5) is 12.6. The Kier molecular flexibility index (Phi) is 5.71. The second-order valence-corrected chi connectivity index (χ2v) is 6.41. The molecule has 142 valence electrons. The second-order valence-electron chi connectivity index (χ2n) is 6.41. The van der Waals surface area contributed by atoms with Crippen LogP contribution in [0.25, 0.3) is 11.5 Å². The number of carbonyl (C=O) groups is 1. The maximum Gasteiger partial charge on any atom is 0.415 e. The van der Waals surface area contributed by atoms with E-state index in [9.17, 15) is 4.79 Å². The fraction of sp³-hybridized carbons (Fsp3) is 0.350. The summed E-state index contributed by atoms with van der Waals surface area (Å²) in [6.45, 7) is 6.36. The molecule has 0 radical (unpaired) electrons. The Morgan fingerprint density at radius 3 is 2.67 bits per heavy atom. The maximum atomic E-state index is 12.6. The normalized spacial score (nSPS) is 12.1. The molecule has 3 aromatic rings. The van der Waals surface area contributed by atoms with Crippen LogP contribution in [0.4, 0.5) is 0 Å². The van der Waals surface area contributed by atoms with E-state index in [1.54, 1.807) is 7.11 Å². The van der Waals surface area contributed by atoms with Gasteiger partial charge in [-0.15, -0.1) is 5.10 Å². The molecule has 0 unspecified atom stereocenters. The fourth-order valence-corrected chi connectivity index (χ4v) is 3.22. The molecule has 7 nitrogen and oxygen atoms in total. The summed E-state index contributed by atoms with van der Waals surface area (Å²) in [6, 6.07) is 11.4. The molecule has 0 aliphatic carbocycles. The predicted molar refractivity (Wildman–Crippen MR) is 100 cm³/mol. The van der Waals surface area contributed by atoms with E-state index in [1.807, 2.05) is 50.2 Å². The minimum Gasteiger partial charge on any atom is -0.441 e. The fourth-order valence-electron chi connectivity index (χ4n) is 3.22.